The fourth-order valence-electron chi connectivity index (χ4n) is 4.19. The maximum atomic E-state index is 12.4. The predicted octanol–water partition coefficient (Wildman–Crippen LogP) is 2.93. The van der Waals surface area contributed by atoms with Crippen LogP contribution in [-0.4, -0.2) is 48.5 Å². The molecule has 1 aromatic heterocycles. The van der Waals surface area contributed by atoms with E-state index in [0.29, 0.717) is 29.8 Å². The van der Waals surface area contributed by atoms with E-state index < -0.39 is 15.9 Å². The second-order valence-corrected chi connectivity index (χ2v) is 10.0. The van der Waals surface area contributed by atoms with E-state index in [1.165, 1.54) is 6.07 Å². The maximum Gasteiger partial charge on any atom is 0.404 e. The molecule has 2 amide bonds. The minimum absolute atomic E-state index is 0.0542. The van der Waals surface area contributed by atoms with Gasteiger partial charge in [-0.15, -0.1) is 0 Å². The second kappa shape index (κ2) is 9.95. The Morgan fingerprint density at radius 2 is 2.03 bits per heavy atom. The van der Waals surface area contributed by atoms with Crippen LogP contribution in [0.1, 0.15) is 49.3 Å². The third kappa shape index (κ3) is 6.55. The Hall–Kier alpha value is -2.88. The van der Waals surface area contributed by atoms with Crippen molar-refractivity contribution in [1.82, 2.24) is 15.5 Å². The first-order valence-electron chi connectivity index (χ1n) is 10.3. The van der Waals surface area contributed by atoms with Crippen LogP contribution in [0.2, 0.25) is 0 Å². The van der Waals surface area contributed by atoms with Crippen LogP contribution in [0.3, 0.4) is 0 Å². The van der Waals surface area contributed by atoms with Crippen molar-refractivity contribution in [3.05, 3.63) is 41.6 Å². The van der Waals surface area contributed by atoms with E-state index in [4.69, 9.17) is 5.11 Å². The molecule has 1 aliphatic carbocycles. The average Bonchev–Trinajstić information content (AvgIpc) is 3.34. The number of aromatic amines is 1. The second-order valence-electron chi connectivity index (χ2n) is 8.06. The van der Waals surface area contributed by atoms with Crippen LogP contribution in [-0.2, 0) is 21.1 Å². The lowest BCUT2D eigenvalue weighted by molar-refractivity contribution is -0.115. The SMILES string of the molecule is CS(=O)(=O)c1ccccc1CC(=O)Nc1cc([C@@H]2CC[C@@H](CCCNC(=O)O)C2)[nH]n1. The summed E-state index contributed by atoms with van der Waals surface area (Å²) in [7, 11) is -3.41. The molecule has 4 N–H and O–H groups in total. The lowest BCUT2D eigenvalue weighted by atomic mass is 9.98. The largest absolute Gasteiger partial charge is 0.465 e. The zero-order chi connectivity index (χ0) is 22.4. The molecule has 2 atom stereocenters. The lowest BCUT2D eigenvalue weighted by Crippen LogP contribution is -2.22. The molecule has 0 radical (unpaired) electrons. The third-order valence-electron chi connectivity index (χ3n) is 5.63. The van der Waals surface area contributed by atoms with E-state index in [2.05, 4.69) is 20.8 Å². The zero-order valence-corrected chi connectivity index (χ0v) is 18.2. The minimum Gasteiger partial charge on any atom is -0.465 e. The summed E-state index contributed by atoms with van der Waals surface area (Å²) in [5.74, 6) is 0.978. The van der Waals surface area contributed by atoms with E-state index in [0.717, 1.165) is 44.1 Å². The molecular formula is C21H28N4O5S. The van der Waals surface area contributed by atoms with Crippen LogP contribution in [0.25, 0.3) is 0 Å². The number of hydrogen-bond donors (Lipinski definition) is 4. The molecule has 10 heteroatoms. The zero-order valence-electron chi connectivity index (χ0n) is 17.4. The molecule has 31 heavy (non-hydrogen) atoms. The Labute approximate surface area is 181 Å². The maximum absolute atomic E-state index is 12.4. The Bertz CT molecular complexity index is 1030. The molecule has 0 unspecified atom stereocenters. The fraction of sp³-hybridized carbons (Fsp3) is 0.476. The standard InChI is InChI=1S/C21H28N4O5S/c1-31(29,30)18-7-3-2-6-16(18)12-20(26)23-19-13-17(24-25-19)15-9-8-14(11-15)5-4-10-22-21(27)28/h2-3,6-7,13-15,22H,4-5,8-12H2,1H3,(H,27,28)(H2,23,24,25,26)/t14-,15-/m1/s1. The molecule has 0 aliphatic heterocycles. The molecule has 1 aliphatic rings. The molecule has 168 valence electrons. The van der Waals surface area contributed by atoms with Gasteiger partial charge >= 0.3 is 6.09 Å². The van der Waals surface area contributed by atoms with Crippen molar-refractivity contribution in [2.75, 3.05) is 18.1 Å². The number of hydrogen-bond acceptors (Lipinski definition) is 5. The molecule has 3 rings (SSSR count). The number of carbonyl (C=O) groups excluding carboxylic acids is 1. The minimum atomic E-state index is -3.41. The summed E-state index contributed by atoms with van der Waals surface area (Å²) in [5.41, 5.74) is 1.42. The summed E-state index contributed by atoms with van der Waals surface area (Å²) in [6.45, 7) is 0.471. The molecular weight excluding hydrogens is 420 g/mol. The highest BCUT2D eigenvalue weighted by molar-refractivity contribution is 7.90. The van der Waals surface area contributed by atoms with Crippen molar-refractivity contribution >= 4 is 27.7 Å². The topological polar surface area (TPSA) is 141 Å². The third-order valence-corrected chi connectivity index (χ3v) is 6.83. The summed E-state index contributed by atoms with van der Waals surface area (Å²) in [6.07, 6.45) is 5.00. The first-order valence-corrected chi connectivity index (χ1v) is 12.2. The predicted molar refractivity (Wildman–Crippen MR) is 116 cm³/mol. The summed E-state index contributed by atoms with van der Waals surface area (Å²) in [5, 5.41) is 20.9. The van der Waals surface area contributed by atoms with Gasteiger partial charge in [0.15, 0.2) is 15.7 Å². The number of anilines is 1. The monoisotopic (exact) mass is 448 g/mol. The highest BCUT2D eigenvalue weighted by Gasteiger charge is 2.27. The normalized spacial score (nSPS) is 18.6. The van der Waals surface area contributed by atoms with Gasteiger partial charge in [0, 0.05) is 30.5 Å². The fourth-order valence-corrected chi connectivity index (χ4v) is 5.13. The van der Waals surface area contributed by atoms with E-state index in [1.807, 2.05) is 6.07 Å². The van der Waals surface area contributed by atoms with Gasteiger partial charge < -0.3 is 15.7 Å². The molecule has 9 nitrogen and oxygen atoms in total. The van der Waals surface area contributed by atoms with Gasteiger partial charge in [0.2, 0.25) is 5.91 Å². The molecule has 1 fully saturated rings. The quantitative estimate of drug-likeness (QED) is 0.435. The van der Waals surface area contributed by atoms with Crippen molar-refractivity contribution in [1.29, 1.82) is 0 Å². The number of nitrogens with zero attached hydrogens (tertiary/aromatic N) is 1. The molecule has 0 saturated heterocycles. The molecule has 1 aromatic carbocycles. The van der Waals surface area contributed by atoms with E-state index >= 15 is 0 Å². The molecule has 0 bridgehead atoms. The van der Waals surface area contributed by atoms with Gasteiger partial charge in [0.1, 0.15) is 0 Å². The summed E-state index contributed by atoms with van der Waals surface area (Å²) in [6, 6.07) is 8.31. The Morgan fingerprint density at radius 3 is 2.77 bits per heavy atom. The molecule has 2 aromatic rings. The van der Waals surface area contributed by atoms with E-state index in [9.17, 15) is 18.0 Å². The van der Waals surface area contributed by atoms with Crippen molar-refractivity contribution in [2.24, 2.45) is 5.92 Å². The number of amides is 2. The summed E-state index contributed by atoms with van der Waals surface area (Å²) < 4.78 is 23.8. The van der Waals surface area contributed by atoms with Crippen molar-refractivity contribution in [3.8, 4) is 0 Å². The van der Waals surface area contributed by atoms with Crippen molar-refractivity contribution < 1.29 is 23.1 Å². The van der Waals surface area contributed by atoms with Gasteiger partial charge in [-0.05, 0) is 49.7 Å². The highest BCUT2D eigenvalue weighted by Crippen LogP contribution is 2.40. The van der Waals surface area contributed by atoms with Gasteiger partial charge in [-0.1, -0.05) is 18.2 Å². The average molecular weight is 449 g/mol. The van der Waals surface area contributed by atoms with Crippen LogP contribution in [0.4, 0.5) is 10.6 Å². The number of carboxylic acid groups (broad SMARTS) is 1. The number of rotatable bonds is 9. The smallest absolute Gasteiger partial charge is 0.404 e. The van der Waals surface area contributed by atoms with Gasteiger partial charge in [0.05, 0.1) is 11.3 Å². The van der Waals surface area contributed by atoms with Crippen LogP contribution in [0.5, 0.6) is 0 Å². The summed E-state index contributed by atoms with van der Waals surface area (Å²) >= 11 is 0. The van der Waals surface area contributed by atoms with Crippen molar-refractivity contribution in [2.45, 2.75) is 49.3 Å². The lowest BCUT2D eigenvalue weighted by Gasteiger charge is -2.10. The van der Waals surface area contributed by atoms with Crippen molar-refractivity contribution in [3.63, 3.8) is 0 Å². The molecule has 1 heterocycles. The van der Waals surface area contributed by atoms with Gasteiger partial charge in [0.25, 0.3) is 0 Å². The van der Waals surface area contributed by atoms with Crippen LogP contribution in [0.15, 0.2) is 35.2 Å². The molecule has 1 saturated carbocycles. The van der Waals surface area contributed by atoms with E-state index in [-0.39, 0.29) is 17.2 Å². The van der Waals surface area contributed by atoms with Gasteiger partial charge in [-0.25, -0.2) is 13.2 Å². The van der Waals surface area contributed by atoms with Gasteiger partial charge in [-0.2, -0.15) is 5.10 Å². The number of benzene rings is 1. The van der Waals surface area contributed by atoms with Crippen LogP contribution < -0.4 is 10.6 Å². The van der Waals surface area contributed by atoms with Crippen LogP contribution >= 0.6 is 0 Å². The highest BCUT2D eigenvalue weighted by atomic mass is 32.2. The Morgan fingerprint density at radius 1 is 1.26 bits per heavy atom. The van der Waals surface area contributed by atoms with Gasteiger partial charge in [-0.3, -0.25) is 9.89 Å². The molecule has 0 spiro atoms. The first-order chi connectivity index (χ1) is 14.7. The Kier molecular flexibility index (Phi) is 7.32. The van der Waals surface area contributed by atoms with Crippen LogP contribution in [0, 0.1) is 5.92 Å². The number of aromatic nitrogens is 2. The first kappa shape index (κ1) is 22.8. The summed E-state index contributed by atoms with van der Waals surface area (Å²) in [4.78, 5) is 23.1. The number of nitrogens with one attached hydrogen (secondary N) is 3. The van der Waals surface area contributed by atoms with E-state index in [1.54, 1.807) is 18.2 Å². The number of H-pyrrole nitrogens is 1. The number of carbonyl (C=O) groups is 2. The Balaban J connectivity index is 1.52. The number of sulfone groups is 1.